The van der Waals surface area contributed by atoms with Gasteiger partial charge in [0.05, 0.1) is 25.4 Å². The number of unbranched alkanes of at least 4 members (excludes halogenated alkanes) is 6. The number of ether oxygens (including phenoxy) is 2. The molecule has 0 aromatic carbocycles. The minimum absolute atomic E-state index is 0.0143. The molecule has 61 heavy (non-hydrogen) atoms. The molecule has 0 aromatic rings. The Bertz CT molecular complexity index is 1440. The van der Waals surface area contributed by atoms with E-state index in [0.717, 1.165) is 44.9 Å². The number of hydrogen-bond donors (Lipinski definition) is 4. The highest BCUT2D eigenvalue weighted by atomic mass is 31.2. The average molecular weight is 872 g/mol. The fraction of sp³-hybridized carbons (Fsp3) is 0.551. The van der Waals surface area contributed by atoms with Crippen molar-refractivity contribution < 1.29 is 47.8 Å². The molecule has 344 valence electrons. The van der Waals surface area contributed by atoms with E-state index in [1.807, 2.05) is 43.4 Å². The van der Waals surface area contributed by atoms with Crippen LogP contribution in [-0.4, -0.2) is 71.7 Å². The van der Waals surface area contributed by atoms with Crippen LogP contribution in [0.15, 0.2) is 122 Å². The smallest absolute Gasteiger partial charge is 0.462 e. The van der Waals surface area contributed by atoms with Crippen LogP contribution in [0.4, 0.5) is 0 Å². The quantitative estimate of drug-likeness (QED) is 0.0152. The lowest BCUT2D eigenvalue weighted by Gasteiger charge is -2.19. The molecule has 0 aromatic heterocycles. The van der Waals surface area contributed by atoms with Gasteiger partial charge in [-0.25, -0.2) is 4.57 Å². The molecule has 0 saturated heterocycles. The second kappa shape index (κ2) is 43.0. The molecule has 0 spiro atoms. The fourth-order valence-corrected chi connectivity index (χ4v) is 5.93. The average Bonchev–Trinajstić information content (AvgIpc) is 3.24. The van der Waals surface area contributed by atoms with Gasteiger partial charge in [-0.3, -0.25) is 18.6 Å². The molecule has 0 radical (unpaired) electrons. The molecule has 0 amide bonds. The van der Waals surface area contributed by atoms with Crippen molar-refractivity contribution in [3.8, 4) is 0 Å². The summed E-state index contributed by atoms with van der Waals surface area (Å²) in [5, 5.41) is 19.9. The molecule has 0 saturated carbocycles. The topological polar surface area (TPSA) is 175 Å². The molecule has 0 fully saturated rings. The van der Waals surface area contributed by atoms with E-state index in [4.69, 9.17) is 24.3 Å². The van der Waals surface area contributed by atoms with Crippen molar-refractivity contribution in [1.29, 1.82) is 0 Å². The number of carbonyl (C=O) groups excluding carboxylic acids is 2. The number of rotatable bonds is 39. The largest absolute Gasteiger partial charge is 0.472 e. The summed E-state index contributed by atoms with van der Waals surface area (Å²) in [5.74, 6) is -1.05. The first kappa shape index (κ1) is 57.3. The number of carbonyl (C=O) groups is 2. The Kier molecular flexibility index (Phi) is 40.4. The van der Waals surface area contributed by atoms with E-state index in [9.17, 15) is 29.3 Å². The van der Waals surface area contributed by atoms with Crippen molar-refractivity contribution in [1.82, 2.24) is 0 Å². The van der Waals surface area contributed by atoms with Gasteiger partial charge in [-0.1, -0.05) is 155 Å². The lowest BCUT2D eigenvalue weighted by molar-refractivity contribution is -0.161. The van der Waals surface area contributed by atoms with Crippen LogP contribution in [0.3, 0.4) is 0 Å². The Morgan fingerprint density at radius 3 is 1.67 bits per heavy atom. The maximum Gasteiger partial charge on any atom is 0.472 e. The lowest BCUT2D eigenvalue weighted by Crippen LogP contribution is -2.29. The zero-order chi connectivity index (χ0) is 44.9. The van der Waals surface area contributed by atoms with Gasteiger partial charge in [0, 0.05) is 19.4 Å². The molecule has 1 unspecified atom stereocenters. The standard InChI is InChI=1S/C49H78NO10P/c1-3-5-7-8-9-10-11-12-13-14-15-16-17-18-19-20-21-26-34-40-49(54)60-47(44-59-61(55,56)58-42-41-50)43-57-48(53)39-33-25-23-22-24-30-36-46(52)38-32-28-27-31-37-45(51)35-29-6-4-2/h6,9-10,12-13,15-16,18-19,23-25,27-32,37-38,45-47,51-52H,3-5,7-8,11,14,17,20-22,26,33-36,39-44,50H2,1-2H3,(H,55,56)/b10-9-,13-12-,16-15-,19-18-,25-23-,28-27-,29-6-,30-24-,37-31+,38-32+/t45-,46+,47-/m1/s1. The summed E-state index contributed by atoms with van der Waals surface area (Å²) in [4.78, 5) is 34.9. The van der Waals surface area contributed by atoms with Gasteiger partial charge in [-0.05, 0) is 83.5 Å². The fourth-order valence-electron chi connectivity index (χ4n) is 5.17. The van der Waals surface area contributed by atoms with E-state index in [-0.39, 0.29) is 32.6 Å². The van der Waals surface area contributed by atoms with Crippen LogP contribution in [0.2, 0.25) is 0 Å². The Balaban J connectivity index is 4.47. The third-order valence-corrected chi connectivity index (χ3v) is 9.50. The number of esters is 2. The normalized spacial score (nSPS) is 15.4. The number of phosphoric acid groups is 1. The summed E-state index contributed by atoms with van der Waals surface area (Å²) in [6, 6.07) is 0. The first-order valence-electron chi connectivity index (χ1n) is 22.2. The minimum atomic E-state index is -4.44. The van der Waals surface area contributed by atoms with Gasteiger partial charge in [0.1, 0.15) is 6.61 Å². The van der Waals surface area contributed by atoms with Gasteiger partial charge >= 0.3 is 19.8 Å². The van der Waals surface area contributed by atoms with Crippen LogP contribution in [-0.2, 0) is 32.7 Å². The van der Waals surface area contributed by atoms with Gasteiger partial charge in [-0.15, -0.1) is 0 Å². The third-order valence-electron chi connectivity index (χ3n) is 8.51. The molecule has 0 rings (SSSR count). The molecular formula is C49H78NO10P. The molecule has 0 aliphatic heterocycles. The Morgan fingerprint density at radius 2 is 1.11 bits per heavy atom. The van der Waals surface area contributed by atoms with E-state index in [1.165, 1.54) is 25.7 Å². The number of aliphatic hydroxyl groups is 2. The maximum absolute atomic E-state index is 12.6. The Morgan fingerprint density at radius 1 is 0.590 bits per heavy atom. The summed E-state index contributed by atoms with van der Waals surface area (Å²) in [6.45, 7) is 3.24. The molecule has 5 N–H and O–H groups in total. The maximum atomic E-state index is 12.6. The molecule has 4 atom stereocenters. The van der Waals surface area contributed by atoms with E-state index >= 15 is 0 Å². The van der Waals surface area contributed by atoms with E-state index < -0.39 is 44.7 Å². The lowest BCUT2D eigenvalue weighted by atomic mass is 10.1. The molecule has 0 aliphatic carbocycles. The molecule has 11 nitrogen and oxygen atoms in total. The van der Waals surface area contributed by atoms with Gasteiger partial charge in [0.25, 0.3) is 0 Å². The summed E-state index contributed by atoms with van der Waals surface area (Å²) in [6.07, 6.45) is 51.6. The number of allylic oxidation sites excluding steroid dienone is 16. The van der Waals surface area contributed by atoms with Gasteiger partial charge in [-0.2, -0.15) is 0 Å². The number of phosphoric ester groups is 1. The first-order valence-corrected chi connectivity index (χ1v) is 23.7. The van der Waals surface area contributed by atoms with Crippen LogP contribution >= 0.6 is 7.82 Å². The zero-order valence-electron chi connectivity index (χ0n) is 37.1. The number of nitrogens with two attached hydrogens (primary N) is 1. The first-order chi connectivity index (χ1) is 29.6. The Hall–Kier alpha value is -3.67. The van der Waals surface area contributed by atoms with Gasteiger partial charge in [0.2, 0.25) is 0 Å². The van der Waals surface area contributed by atoms with Crippen LogP contribution in [0, 0.1) is 0 Å². The van der Waals surface area contributed by atoms with E-state index in [0.29, 0.717) is 32.1 Å². The van der Waals surface area contributed by atoms with E-state index in [1.54, 1.807) is 36.5 Å². The third kappa shape index (κ3) is 42.8. The highest BCUT2D eigenvalue weighted by Crippen LogP contribution is 2.43. The molecule has 12 heteroatoms. The molecule has 0 heterocycles. The second-order valence-corrected chi connectivity index (χ2v) is 15.7. The number of aliphatic hydroxyl groups excluding tert-OH is 2. The van der Waals surface area contributed by atoms with Gasteiger partial charge in [0.15, 0.2) is 6.10 Å². The summed E-state index contributed by atoms with van der Waals surface area (Å²) >= 11 is 0. The zero-order valence-corrected chi connectivity index (χ0v) is 38.0. The second-order valence-electron chi connectivity index (χ2n) is 14.2. The summed E-state index contributed by atoms with van der Waals surface area (Å²) in [5.41, 5.74) is 5.34. The van der Waals surface area contributed by atoms with Gasteiger partial charge < -0.3 is 30.3 Å². The van der Waals surface area contributed by atoms with Crippen LogP contribution in [0.25, 0.3) is 0 Å². The SMILES string of the molecule is CC/C=C\C[C@@H](O)/C=C/C=C\C=C\[C@@H](O)C/C=C\C/C=C\CCC(=O)OC[C@H](COP(=O)(O)OCCN)OC(=O)CCCCC/C=C\C/C=C\C/C=C\C/C=C\CCCCC. The van der Waals surface area contributed by atoms with Crippen molar-refractivity contribution in [2.24, 2.45) is 5.73 Å². The highest BCUT2D eigenvalue weighted by molar-refractivity contribution is 7.47. The monoisotopic (exact) mass is 872 g/mol. The molecule has 0 bridgehead atoms. The van der Waals surface area contributed by atoms with Crippen molar-refractivity contribution in [3.63, 3.8) is 0 Å². The predicted molar refractivity (Wildman–Crippen MR) is 249 cm³/mol. The minimum Gasteiger partial charge on any atom is -0.462 e. The molecular weight excluding hydrogens is 794 g/mol. The number of hydrogen-bond acceptors (Lipinski definition) is 10. The Labute approximate surface area is 367 Å². The summed E-state index contributed by atoms with van der Waals surface area (Å²) in [7, 11) is -4.44. The van der Waals surface area contributed by atoms with Crippen LogP contribution in [0.5, 0.6) is 0 Å². The van der Waals surface area contributed by atoms with E-state index in [2.05, 4.69) is 55.5 Å². The van der Waals surface area contributed by atoms with Crippen molar-refractivity contribution in [3.05, 3.63) is 122 Å². The van der Waals surface area contributed by atoms with Crippen molar-refractivity contribution in [2.75, 3.05) is 26.4 Å². The van der Waals surface area contributed by atoms with Crippen LogP contribution in [0.1, 0.15) is 129 Å². The van der Waals surface area contributed by atoms with Crippen molar-refractivity contribution in [2.45, 2.75) is 148 Å². The molecule has 0 aliphatic rings. The predicted octanol–water partition coefficient (Wildman–Crippen LogP) is 10.9. The summed E-state index contributed by atoms with van der Waals surface area (Å²) < 4.78 is 32.6. The van der Waals surface area contributed by atoms with Crippen LogP contribution < -0.4 is 5.73 Å². The van der Waals surface area contributed by atoms with Crippen molar-refractivity contribution >= 4 is 19.8 Å². The highest BCUT2D eigenvalue weighted by Gasteiger charge is 2.25.